The summed E-state index contributed by atoms with van der Waals surface area (Å²) in [6, 6.07) is 9.69. The molecule has 128 valence electrons. The molecule has 0 spiro atoms. The van der Waals surface area contributed by atoms with Crippen LogP contribution < -0.4 is 4.74 Å². The predicted octanol–water partition coefficient (Wildman–Crippen LogP) is 4.49. The lowest BCUT2D eigenvalue weighted by atomic mass is 10.1. The molecule has 1 heterocycles. The van der Waals surface area contributed by atoms with Crippen molar-refractivity contribution in [1.29, 1.82) is 0 Å². The van der Waals surface area contributed by atoms with E-state index in [1.165, 1.54) is 12.1 Å². The molecule has 0 fully saturated rings. The first-order chi connectivity index (χ1) is 11.9. The number of aryl methyl sites for hydroxylation is 2. The van der Waals surface area contributed by atoms with Gasteiger partial charge in [0.15, 0.2) is 6.61 Å². The fourth-order valence-corrected chi connectivity index (χ4v) is 2.43. The van der Waals surface area contributed by atoms with Crippen molar-refractivity contribution in [1.82, 2.24) is 10.1 Å². The maximum absolute atomic E-state index is 10.8. The van der Waals surface area contributed by atoms with Crippen LogP contribution in [0.4, 0.5) is 5.69 Å². The molecule has 8 heteroatoms. The Bertz CT molecular complexity index is 916. The number of nitro groups is 1. The Hall–Kier alpha value is -2.93. The van der Waals surface area contributed by atoms with Gasteiger partial charge >= 0.3 is 0 Å². The van der Waals surface area contributed by atoms with E-state index in [1.54, 1.807) is 12.1 Å². The van der Waals surface area contributed by atoms with Crippen molar-refractivity contribution in [2.75, 3.05) is 0 Å². The Balaban J connectivity index is 1.74. The van der Waals surface area contributed by atoms with Gasteiger partial charge in [0.05, 0.1) is 4.92 Å². The molecular formula is C17H14ClN3O4. The summed E-state index contributed by atoms with van der Waals surface area (Å²) in [5, 5.41) is 15.4. The fourth-order valence-electron chi connectivity index (χ4n) is 2.32. The van der Waals surface area contributed by atoms with Crippen LogP contribution in [0.25, 0.3) is 11.4 Å². The molecule has 0 atom stereocenters. The van der Waals surface area contributed by atoms with Gasteiger partial charge in [-0.15, -0.1) is 0 Å². The van der Waals surface area contributed by atoms with Gasteiger partial charge in [0.25, 0.3) is 11.6 Å². The van der Waals surface area contributed by atoms with Crippen molar-refractivity contribution in [2.24, 2.45) is 0 Å². The Labute approximate surface area is 148 Å². The minimum Gasteiger partial charge on any atom is -0.484 e. The number of hydrogen-bond donors (Lipinski definition) is 0. The van der Waals surface area contributed by atoms with Gasteiger partial charge in [0.2, 0.25) is 5.82 Å². The molecule has 0 N–H and O–H groups in total. The fraction of sp³-hybridized carbons (Fsp3) is 0.176. The molecule has 3 rings (SSSR count). The van der Waals surface area contributed by atoms with Crippen molar-refractivity contribution in [3.63, 3.8) is 0 Å². The van der Waals surface area contributed by atoms with Crippen LogP contribution in [0.1, 0.15) is 17.0 Å². The number of ether oxygens (including phenoxy) is 1. The lowest BCUT2D eigenvalue weighted by Gasteiger charge is -2.08. The molecule has 0 aliphatic heterocycles. The van der Waals surface area contributed by atoms with Gasteiger partial charge in [-0.1, -0.05) is 28.9 Å². The zero-order chi connectivity index (χ0) is 18.0. The van der Waals surface area contributed by atoms with Crippen LogP contribution in [0.3, 0.4) is 0 Å². The Morgan fingerprint density at radius 1 is 1.24 bits per heavy atom. The summed E-state index contributed by atoms with van der Waals surface area (Å²) < 4.78 is 10.8. The molecular weight excluding hydrogens is 346 g/mol. The van der Waals surface area contributed by atoms with Gasteiger partial charge in [0.1, 0.15) is 5.75 Å². The lowest BCUT2D eigenvalue weighted by Crippen LogP contribution is -1.97. The average molecular weight is 360 g/mol. The summed E-state index contributed by atoms with van der Waals surface area (Å²) in [6.45, 7) is 3.88. The number of rotatable bonds is 5. The van der Waals surface area contributed by atoms with E-state index in [2.05, 4.69) is 10.1 Å². The summed E-state index contributed by atoms with van der Waals surface area (Å²) in [6.07, 6.45) is 0. The molecule has 0 bridgehead atoms. The maximum atomic E-state index is 10.8. The van der Waals surface area contributed by atoms with Gasteiger partial charge in [-0.3, -0.25) is 10.1 Å². The highest BCUT2D eigenvalue weighted by atomic mass is 35.5. The summed E-state index contributed by atoms with van der Waals surface area (Å²) >= 11 is 6.13. The minimum absolute atomic E-state index is 0.0350. The van der Waals surface area contributed by atoms with Crippen molar-refractivity contribution in [3.05, 3.63) is 68.6 Å². The average Bonchev–Trinajstić information content (AvgIpc) is 3.07. The lowest BCUT2D eigenvalue weighted by molar-refractivity contribution is -0.384. The molecule has 25 heavy (non-hydrogen) atoms. The molecule has 0 saturated heterocycles. The number of nitro benzene ring substituents is 1. The monoisotopic (exact) mass is 359 g/mol. The number of benzene rings is 2. The molecule has 1 aromatic heterocycles. The van der Waals surface area contributed by atoms with E-state index >= 15 is 0 Å². The third-order valence-electron chi connectivity index (χ3n) is 3.56. The van der Waals surface area contributed by atoms with Crippen LogP contribution in [0.5, 0.6) is 5.75 Å². The van der Waals surface area contributed by atoms with Crippen LogP contribution >= 0.6 is 11.6 Å². The van der Waals surface area contributed by atoms with E-state index in [9.17, 15) is 10.1 Å². The maximum Gasteiger partial charge on any atom is 0.270 e. The Morgan fingerprint density at radius 2 is 1.96 bits per heavy atom. The number of aromatic nitrogens is 2. The summed E-state index contributed by atoms with van der Waals surface area (Å²) in [4.78, 5) is 14.6. The van der Waals surface area contributed by atoms with Gasteiger partial charge < -0.3 is 9.26 Å². The van der Waals surface area contributed by atoms with Crippen molar-refractivity contribution >= 4 is 17.3 Å². The second-order valence-corrected chi connectivity index (χ2v) is 5.86. The first-order valence-electron chi connectivity index (χ1n) is 7.41. The highest BCUT2D eigenvalue weighted by Gasteiger charge is 2.13. The molecule has 0 amide bonds. The number of non-ortho nitro benzene ring substituents is 1. The van der Waals surface area contributed by atoms with E-state index in [4.69, 9.17) is 20.9 Å². The van der Waals surface area contributed by atoms with Gasteiger partial charge in [-0.2, -0.15) is 4.98 Å². The molecule has 3 aromatic rings. The third kappa shape index (κ3) is 3.77. The first-order valence-corrected chi connectivity index (χ1v) is 7.79. The molecule has 0 radical (unpaired) electrons. The van der Waals surface area contributed by atoms with Crippen LogP contribution in [-0.2, 0) is 6.61 Å². The highest BCUT2D eigenvalue weighted by Crippen LogP contribution is 2.26. The summed E-state index contributed by atoms with van der Waals surface area (Å²) in [7, 11) is 0. The van der Waals surface area contributed by atoms with Gasteiger partial charge in [-0.25, -0.2) is 0 Å². The second-order valence-electron chi connectivity index (χ2n) is 5.48. The molecule has 0 aliphatic rings. The largest absolute Gasteiger partial charge is 0.484 e. The van der Waals surface area contributed by atoms with Crippen LogP contribution in [-0.4, -0.2) is 15.1 Å². The zero-order valence-electron chi connectivity index (χ0n) is 13.5. The molecule has 2 aromatic carbocycles. The number of halogens is 1. The number of nitrogens with zero attached hydrogens (tertiary/aromatic N) is 3. The summed E-state index contributed by atoms with van der Waals surface area (Å²) in [5.74, 6) is 1.19. The van der Waals surface area contributed by atoms with E-state index in [1.807, 2.05) is 26.0 Å². The van der Waals surface area contributed by atoms with E-state index in [0.717, 1.165) is 11.1 Å². The molecule has 7 nitrogen and oxygen atoms in total. The zero-order valence-corrected chi connectivity index (χ0v) is 14.3. The second kappa shape index (κ2) is 6.90. The first kappa shape index (κ1) is 16.9. The van der Waals surface area contributed by atoms with Crippen LogP contribution in [0.15, 0.2) is 40.9 Å². The van der Waals surface area contributed by atoms with Gasteiger partial charge in [-0.05, 0) is 37.1 Å². The summed E-state index contributed by atoms with van der Waals surface area (Å²) in [5.41, 5.74) is 2.30. The third-order valence-corrected chi connectivity index (χ3v) is 4.15. The smallest absolute Gasteiger partial charge is 0.270 e. The van der Waals surface area contributed by atoms with E-state index in [0.29, 0.717) is 16.3 Å². The van der Waals surface area contributed by atoms with Gasteiger partial charge in [0, 0.05) is 22.7 Å². The van der Waals surface area contributed by atoms with Crippen molar-refractivity contribution in [3.8, 4) is 17.1 Å². The normalized spacial score (nSPS) is 10.7. The molecule has 0 unspecified atom stereocenters. The molecule has 0 saturated carbocycles. The van der Waals surface area contributed by atoms with Crippen LogP contribution in [0.2, 0.25) is 5.02 Å². The Morgan fingerprint density at radius 3 is 2.64 bits per heavy atom. The Kier molecular flexibility index (Phi) is 4.67. The molecule has 0 aliphatic carbocycles. The van der Waals surface area contributed by atoms with E-state index < -0.39 is 4.92 Å². The topological polar surface area (TPSA) is 91.3 Å². The predicted molar refractivity (Wildman–Crippen MR) is 91.6 cm³/mol. The highest BCUT2D eigenvalue weighted by molar-refractivity contribution is 6.32. The standard InChI is InChI=1S/C17H14ClN3O4/c1-10-6-14(7-11(2)16(10)18)24-9-15-19-17(20-25-15)12-4-3-5-13(8-12)21(22)23/h3-8H,9H2,1-2H3. The SMILES string of the molecule is Cc1cc(OCc2nc(-c3cccc([N+](=O)[O-])c3)no2)cc(C)c1Cl. The van der Waals surface area contributed by atoms with E-state index in [-0.39, 0.29) is 24.0 Å². The minimum atomic E-state index is -0.473. The quantitative estimate of drug-likeness (QED) is 0.492. The van der Waals surface area contributed by atoms with Crippen molar-refractivity contribution in [2.45, 2.75) is 20.5 Å². The van der Waals surface area contributed by atoms with Crippen molar-refractivity contribution < 1.29 is 14.2 Å². The van der Waals surface area contributed by atoms with Crippen LogP contribution in [0, 0.1) is 24.0 Å². The number of hydrogen-bond acceptors (Lipinski definition) is 6.